The third-order valence-electron chi connectivity index (χ3n) is 3.92. The van der Waals surface area contributed by atoms with Crippen molar-refractivity contribution in [2.75, 3.05) is 14.2 Å². The lowest BCUT2D eigenvalue weighted by atomic mass is 10.1. The van der Waals surface area contributed by atoms with Gasteiger partial charge in [-0.25, -0.2) is 8.42 Å². The van der Waals surface area contributed by atoms with E-state index >= 15 is 0 Å². The number of methoxy groups -OCH3 is 1. The standard InChI is InChI=1S/C18H18BrN3O4S/c1-12-5-4-6-13(9-12)18-20-17(26-21-18)11-22(2)27(23,24)16-10-14(19)7-8-15(16)25-3/h4-10H,11H2,1-3H3. The highest BCUT2D eigenvalue weighted by atomic mass is 79.9. The molecule has 0 aliphatic heterocycles. The van der Waals surface area contributed by atoms with Gasteiger partial charge in [0.15, 0.2) is 0 Å². The average molecular weight is 452 g/mol. The lowest BCUT2D eigenvalue weighted by Gasteiger charge is -2.17. The van der Waals surface area contributed by atoms with Crippen molar-refractivity contribution < 1.29 is 17.7 Å². The van der Waals surface area contributed by atoms with Crippen molar-refractivity contribution in [2.45, 2.75) is 18.4 Å². The van der Waals surface area contributed by atoms with Gasteiger partial charge in [-0.1, -0.05) is 44.8 Å². The van der Waals surface area contributed by atoms with Crippen molar-refractivity contribution in [3.05, 3.63) is 58.4 Å². The molecule has 0 N–H and O–H groups in total. The van der Waals surface area contributed by atoms with Crippen LogP contribution in [-0.4, -0.2) is 37.0 Å². The summed E-state index contributed by atoms with van der Waals surface area (Å²) in [7, 11) is -0.938. The molecule has 0 saturated heterocycles. The fourth-order valence-electron chi connectivity index (χ4n) is 2.52. The van der Waals surface area contributed by atoms with Crippen LogP contribution in [0.3, 0.4) is 0 Å². The van der Waals surface area contributed by atoms with Gasteiger partial charge in [-0.2, -0.15) is 9.29 Å². The summed E-state index contributed by atoms with van der Waals surface area (Å²) in [5, 5.41) is 3.94. The van der Waals surface area contributed by atoms with Gasteiger partial charge in [-0.05, 0) is 31.2 Å². The Balaban J connectivity index is 1.85. The lowest BCUT2D eigenvalue weighted by Crippen LogP contribution is -2.27. The molecule has 0 amide bonds. The number of hydrogen-bond donors (Lipinski definition) is 0. The van der Waals surface area contributed by atoms with Crippen LogP contribution in [0.4, 0.5) is 0 Å². The van der Waals surface area contributed by atoms with Crippen molar-refractivity contribution in [1.82, 2.24) is 14.4 Å². The van der Waals surface area contributed by atoms with Crippen molar-refractivity contribution in [2.24, 2.45) is 0 Å². The molecule has 0 aliphatic carbocycles. The van der Waals surface area contributed by atoms with Crippen molar-refractivity contribution >= 4 is 26.0 Å². The number of aryl methyl sites for hydroxylation is 1. The summed E-state index contributed by atoms with van der Waals surface area (Å²) < 4.78 is 38.0. The Kier molecular flexibility index (Phi) is 5.64. The summed E-state index contributed by atoms with van der Waals surface area (Å²) in [6, 6.07) is 12.5. The fraction of sp³-hybridized carbons (Fsp3) is 0.222. The van der Waals surface area contributed by atoms with E-state index in [0.717, 1.165) is 15.4 Å². The molecule has 7 nitrogen and oxygen atoms in total. The zero-order valence-electron chi connectivity index (χ0n) is 15.0. The van der Waals surface area contributed by atoms with Gasteiger partial charge in [-0.15, -0.1) is 0 Å². The molecule has 1 aromatic heterocycles. The minimum Gasteiger partial charge on any atom is -0.495 e. The SMILES string of the molecule is COc1ccc(Br)cc1S(=O)(=O)N(C)Cc1nc(-c2cccc(C)c2)no1. The summed E-state index contributed by atoms with van der Waals surface area (Å²) in [5.41, 5.74) is 1.88. The number of ether oxygens (including phenoxy) is 1. The number of rotatable bonds is 6. The van der Waals surface area contributed by atoms with Crippen molar-refractivity contribution in [3.8, 4) is 17.1 Å². The highest BCUT2D eigenvalue weighted by Gasteiger charge is 2.27. The van der Waals surface area contributed by atoms with E-state index in [1.807, 2.05) is 31.2 Å². The molecule has 0 spiro atoms. The molecule has 0 unspecified atom stereocenters. The van der Waals surface area contributed by atoms with E-state index in [-0.39, 0.29) is 23.1 Å². The lowest BCUT2D eigenvalue weighted by molar-refractivity contribution is 0.335. The van der Waals surface area contributed by atoms with Crippen LogP contribution in [-0.2, 0) is 16.6 Å². The summed E-state index contributed by atoms with van der Waals surface area (Å²) >= 11 is 3.29. The molecular weight excluding hydrogens is 434 g/mol. The van der Waals surface area contributed by atoms with Crippen molar-refractivity contribution in [1.29, 1.82) is 0 Å². The second-order valence-electron chi connectivity index (χ2n) is 5.94. The van der Waals surface area contributed by atoms with Crippen molar-refractivity contribution in [3.63, 3.8) is 0 Å². The first-order valence-electron chi connectivity index (χ1n) is 8.01. The number of nitrogens with zero attached hydrogens (tertiary/aromatic N) is 3. The van der Waals surface area contributed by atoms with Crippen LogP contribution in [0.2, 0.25) is 0 Å². The van der Waals surface area contributed by atoms with Gasteiger partial charge in [0.2, 0.25) is 21.7 Å². The monoisotopic (exact) mass is 451 g/mol. The first-order valence-corrected chi connectivity index (χ1v) is 10.2. The van der Waals surface area contributed by atoms with E-state index < -0.39 is 10.0 Å². The minimum absolute atomic E-state index is 0.0558. The van der Waals surface area contributed by atoms with Crippen LogP contribution in [0, 0.1) is 6.92 Å². The Bertz CT molecular complexity index is 1070. The normalized spacial score (nSPS) is 11.7. The third-order valence-corrected chi connectivity index (χ3v) is 6.23. The quantitative estimate of drug-likeness (QED) is 0.568. The van der Waals surface area contributed by atoms with E-state index in [2.05, 4.69) is 26.1 Å². The van der Waals surface area contributed by atoms with E-state index in [1.54, 1.807) is 12.1 Å². The molecule has 3 rings (SSSR count). The predicted octanol–water partition coefficient (Wildman–Crippen LogP) is 3.64. The van der Waals surface area contributed by atoms with Gasteiger partial charge < -0.3 is 9.26 Å². The molecule has 9 heteroatoms. The molecule has 27 heavy (non-hydrogen) atoms. The van der Waals surface area contributed by atoms with Gasteiger partial charge in [-0.3, -0.25) is 0 Å². The Hall–Kier alpha value is -2.23. The van der Waals surface area contributed by atoms with Crippen LogP contribution in [0.5, 0.6) is 5.75 Å². The van der Waals surface area contributed by atoms with E-state index in [9.17, 15) is 8.42 Å². The molecule has 3 aromatic rings. The number of aromatic nitrogens is 2. The van der Waals surface area contributed by atoms with Crippen LogP contribution >= 0.6 is 15.9 Å². The zero-order valence-corrected chi connectivity index (χ0v) is 17.4. The predicted molar refractivity (Wildman–Crippen MR) is 104 cm³/mol. The molecule has 0 bridgehead atoms. The number of sulfonamides is 1. The Morgan fingerprint density at radius 1 is 1.22 bits per heavy atom. The maximum absolute atomic E-state index is 12.9. The minimum atomic E-state index is -3.81. The number of halogens is 1. The largest absolute Gasteiger partial charge is 0.495 e. The maximum Gasteiger partial charge on any atom is 0.247 e. The second kappa shape index (κ2) is 7.79. The Labute approximate surface area is 166 Å². The van der Waals surface area contributed by atoms with Gasteiger partial charge in [0, 0.05) is 17.1 Å². The molecule has 142 valence electrons. The van der Waals surface area contributed by atoms with E-state index in [1.165, 1.54) is 20.2 Å². The smallest absolute Gasteiger partial charge is 0.247 e. The topological polar surface area (TPSA) is 85.5 Å². The molecular formula is C18H18BrN3O4S. The number of hydrogen-bond acceptors (Lipinski definition) is 6. The second-order valence-corrected chi connectivity index (χ2v) is 8.87. The summed E-state index contributed by atoms with van der Waals surface area (Å²) in [6.45, 7) is 1.91. The summed E-state index contributed by atoms with van der Waals surface area (Å²) in [5.74, 6) is 0.877. The number of benzene rings is 2. The Morgan fingerprint density at radius 2 is 2.00 bits per heavy atom. The van der Waals surface area contributed by atoms with Gasteiger partial charge in [0.25, 0.3) is 0 Å². The van der Waals surface area contributed by atoms with Crippen LogP contribution in [0.25, 0.3) is 11.4 Å². The average Bonchev–Trinajstić information content (AvgIpc) is 3.10. The molecule has 2 aromatic carbocycles. The molecule has 0 radical (unpaired) electrons. The van der Waals surface area contributed by atoms with Gasteiger partial charge in [0.1, 0.15) is 10.6 Å². The highest BCUT2D eigenvalue weighted by Crippen LogP contribution is 2.30. The van der Waals surface area contributed by atoms with Crippen LogP contribution < -0.4 is 4.74 Å². The zero-order chi connectivity index (χ0) is 19.6. The third kappa shape index (κ3) is 4.20. The molecule has 0 atom stereocenters. The first kappa shape index (κ1) is 19.5. The summed E-state index contributed by atoms with van der Waals surface area (Å²) in [6.07, 6.45) is 0. The van der Waals surface area contributed by atoms with Gasteiger partial charge in [0.05, 0.1) is 13.7 Å². The fourth-order valence-corrected chi connectivity index (χ4v) is 4.33. The molecule has 0 aliphatic rings. The molecule has 0 saturated carbocycles. The molecule has 0 fully saturated rings. The highest BCUT2D eigenvalue weighted by molar-refractivity contribution is 9.10. The maximum atomic E-state index is 12.9. The van der Waals surface area contributed by atoms with Gasteiger partial charge >= 0.3 is 0 Å². The Morgan fingerprint density at radius 3 is 2.70 bits per heavy atom. The van der Waals surface area contributed by atoms with Crippen LogP contribution in [0.1, 0.15) is 11.5 Å². The first-order chi connectivity index (χ1) is 12.8. The van der Waals surface area contributed by atoms with E-state index in [0.29, 0.717) is 10.3 Å². The summed E-state index contributed by atoms with van der Waals surface area (Å²) in [4.78, 5) is 4.36. The van der Waals surface area contributed by atoms with E-state index in [4.69, 9.17) is 9.26 Å². The van der Waals surface area contributed by atoms with Crippen LogP contribution in [0.15, 0.2) is 56.4 Å². The molecule has 1 heterocycles.